The van der Waals surface area contributed by atoms with Crippen LogP contribution in [0.15, 0.2) is 72.9 Å². The summed E-state index contributed by atoms with van der Waals surface area (Å²) in [4.78, 5) is 27.1. The van der Waals surface area contributed by atoms with Crippen molar-refractivity contribution in [3.63, 3.8) is 0 Å². The SMILES string of the molecule is COC1(c2ccc(C(=O)O)cc2)CCCC1c1ccc2c(c1)C(C)(C)CCC2(C)C.COC1(c2ccc(C(=O)O)cn2)CCCC1c1cc2c(cc1C)C(C)(C)CCC2(C)C. The van der Waals surface area contributed by atoms with Crippen LogP contribution in [-0.2, 0) is 42.3 Å². The van der Waals surface area contributed by atoms with Gasteiger partial charge in [0.1, 0.15) is 5.60 Å². The van der Waals surface area contributed by atoms with E-state index in [0.29, 0.717) is 5.56 Å². The first-order valence-electron chi connectivity index (χ1n) is 22.6. The van der Waals surface area contributed by atoms with E-state index < -0.39 is 23.1 Å². The molecular weight excluding hydrogens is 759 g/mol. The normalized spacial score (nSPS) is 26.7. The molecule has 0 saturated heterocycles. The van der Waals surface area contributed by atoms with Crippen molar-refractivity contribution in [3.8, 4) is 0 Å². The minimum atomic E-state index is -0.955. The van der Waals surface area contributed by atoms with E-state index in [9.17, 15) is 19.8 Å². The van der Waals surface area contributed by atoms with Gasteiger partial charge in [-0.3, -0.25) is 4.98 Å². The van der Waals surface area contributed by atoms with E-state index in [2.05, 4.69) is 97.6 Å². The van der Waals surface area contributed by atoms with Crippen molar-refractivity contribution in [2.45, 2.75) is 171 Å². The highest BCUT2D eigenvalue weighted by molar-refractivity contribution is 5.87. The zero-order valence-corrected chi connectivity index (χ0v) is 38.6. The highest BCUT2D eigenvalue weighted by atomic mass is 16.5. The van der Waals surface area contributed by atoms with Gasteiger partial charge in [0.2, 0.25) is 0 Å². The molecule has 4 aliphatic carbocycles. The number of pyridine rings is 1. The number of benzene rings is 3. The molecule has 8 rings (SSSR count). The molecule has 2 fully saturated rings. The van der Waals surface area contributed by atoms with Gasteiger partial charge < -0.3 is 19.7 Å². The summed E-state index contributed by atoms with van der Waals surface area (Å²) in [6.07, 6.45) is 12.4. The number of aromatic carboxylic acids is 2. The topological polar surface area (TPSA) is 106 Å². The second-order valence-corrected chi connectivity index (χ2v) is 21.3. The molecule has 4 aromatic rings. The molecule has 1 aromatic heterocycles. The van der Waals surface area contributed by atoms with E-state index in [-0.39, 0.29) is 39.1 Å². The number of ether oxygens (including phenoxy) is 2. The summed E-state index contributed by atoms with van der Waals surface area (Å²) in [7, 11) is 3.57. The third kappa shape index (κ3) is 7.88. The minimum Gasteiger partial charge on any atom is -0.478 e. The van der Waals surface area contributed by atoms with Crippen LogP contribution in [0, 0.1) is 6.92 Å². The number of carboxylic acids is 2. The van der Waals surface area contributed by atoms with Crippen molar-refractivity contribution < 1.29 is 29.3 Å². The molecule has 0 spiro atoms. The third-order valence-corrected chi connectivity index (χ3v) is 15.9. The summed E-state index contributed by atoms with van der Waals surface area (Å²) < 4.78 is 12.5. The van der Waals surface area contributed by atoms with E-state index in [1.165, 1.54) is 70.8 Å². The molecule has 4 unspecified atom stereocenters. The zero-order valence-electron chi connectivity index (χ0n) is 38.6. The molecule has 3 aromatic carbocycles. The number of fused-ring (bicyclic) bond motifs is 2. The summed E-state index contributed by atoms with van der Waals surface area (Å²) in [6.45, 7) is 21.1. The number of aryl methyl sites for hydroxylation is 1. The van der Waals surface area contributed by atoms with E-state index in [4.69, 9.17) is 9.47 Å². The van der Waals surface area contributed by atoms with Crippen LogP contribution >= 0.6 is 0 Å². The number of methoxy groups -OCH3 is 2. The Morgan fingerprint density at radius 3 is 1.59 bits per heavy atom. The average Bonchev–Trinajstić information content (AvgIpc) is 3.88. The van der Waals surface area contributed by atoms with Gasteiger partial charge in [-0.05, 0) is 162 Å². The van der Waals surface area contributed by atoms with Gasteiger partial charge in [0, 0.05) is 32.3 Å². The smallest absolute Gasteiger partial charge is 0.337 e. The van der Waals surface area contributed by atoms with Crippen LogP contribution < -0.4 is 0 Å². The van der Waals surface area contributed by atoms with Gasteiger partial charge in [-0.1, -0.05) is 97.9 Å². The quantitative estimate of drug-likeness (QED) is 0.182. The van der Waals surface area contributed by atoms with Gasteiger partial charge >= 0.3 is 11.9 Å². The molecule has 2 saturated carbocycles. The molecule has 0 amide bonds. The predicted octanol–water partition coefficient (Wildman–Crippen LogP) is 12.8. The summed E-state index contributed by atoms with van der Waals surface area (Å²) in [5, 5.41) is 18.5. The number of hydrogen-bond donors (Lipinski definition) is 2. The molecule has 1 heterocycles. The van der Waals surface area contributed by atoms with Crippen molar-refractivity contribution in [1.82, 2.24) is 4.98 Å². The predicted molar refractivity (Wildman–Crippen MR) is 243 cm³/mol. The van der Waals surface area contributed by atoms with Crippen LogP contribution in [0.2, 0.25) is 0 Å². The van der Waals surface area contributed by atoms with Crippen LogP contribution in [0.1, 0.15) is 202 Å². The molecule has 4 aliphatic rings. The van der Waals surface area contributed by atoms with E-state index in [0.717, 1.165) is 49.8 Å². The van der Waals surface area contributed by atoms with Crippen LogP contribution in [-0.4, -0.2) is 41.4 Å². The highest BCUT2D eigenvalue weighted by Crippen LogP contribution is 2.56. The molecule has 0 radical (unpaired) electrons. The van der Waals surface area contributed by atoms with Crippen molar-refractivity contribution in [2.24, 2.45) is 0 Å². The molecule has 0 aliphatic heterocycles. The molecule has 61 heavy (non-hydrogen) atoms. The molecule has 7 nitrogen and oxygen atoms in total. The van der Waals surface area contributed by atoms with Crippen LogP contribution in [0.4, 0.5) is 0 Å². The number of hydrogen-bond acceptors (Lipinski definition) is 5. The molecule has 2 N–H and O–H groups in total. The fraction of sp³-hybridized carbons (Fsp3) is 0.537. The fourth-order valence-electron chi connectivity index (χ4n) is 11.8. The zero-order chi connectivity index (χ0) is 44.3. The van der Waals surface area contributed by atoms with Crippen LogP contribution in [0.5, 0.6) is 0 Å². The Labute approximate surface area is 364 Å². The number of nitrogens with zero attached hydrogens (tertiary/aromatic N) is 1. The Morgan fingerprint density at radius 1 is 0.574 bits per heavy atom. The second-order valence-electron chi connectivity index (χ2n) is 21.3. The Morgan fingerprint density at radius 2 is 1.07 bits per heavy atom. The summed E-state index contributed by atoms with van der Waals surface area (Å²) in [6, 6.07) is 22.8. The van der Waals surface area contributed by atoms with Crippen LogP contribution in [0.25, 0.3) is 0 Å². The van der Waals surface area contributed by atoms with Gasteiger partial charge in [0.05, 0.1) is 22.4 Å². The van der Waals surface area contributed by atoms with E-state index in [1.54, 1.807) is 32.4 Å². The summed E-state index contributed by atoms with van der Waals surface area (Å²) >= 11 is 0. The highest BCUT2D eigenvalue weighted by Gasteiger charge is 2.49. The number of carboxylic acid groups (broad SMARTS) is 2. The molecule has 4 atom stereocenters. The van der Waals surface area contributed by atoms with Gasteiger partial charge in [-0.15, -0.1) is 0 Å². The van der Waals surface area contributed by atoms with Crippen molar-refractivity contribution in [2.75, 3.05) is 14.2 Å². The van der Waals surface area contributed by atoms with Crippen molar-refractivity contribution in [1.29, 1.82) is 0 Å². The largest absolute Gasteiger partial charge is 0.478 e. The maximum absolute atomic E-state index is 11.3. The van der Waals surface area contributed by atoms with E-state index >= 15 is 0 Å². The lowest BCUT2D eigenvalue weighted by Gasteiger charge is -2.43. The summed E-state index contributed by atoms with van der Waals surface area (Å²) in [5.74, 6) is -1.38. The molecular formula is C54H69NO6. The van der Waals surface area contributed by atoms with Gasteiger partial charge in [-0.2, -0.15) is 0 Å². The van der Waals surface area contributed by atoms with Gasteiger partial charge in [0.25, 0.3) is 0 Å². The van der Waals surface area contributed by atoms with Crippen molar-refractivity contribution in [3.05, 3.63) is 134 Å². The maximum Gasteiger partial charge on any atom is 0.337 e. The number of carbonyl (C=O) groups is 2. The first kappa shape index (κ1) is 44.7. The summed E-state index contributed by atoms with van der Waals surface area (Å²) in [5.41, 5.74) is 12.2. The van der Waals surface area contributed by atoms with Crippen LogP contribution in [0.3, 0.4) is 0 Å². The second kappa shape index (κ2) is 16.1. The maximum atomic E-state index is 11.3. The molecule has 326 valence electrons. The number of rotatable bonds is 8. The monoisotopic (exact) mass is 828 g/mol. The molecule has 0 bridgehead atoms. The Hall–Kier alpha value is -4.33. The lowest BCUT2D eigenvalue weighted by molar-refractivity contribution is -0.0276. The standard InChI is InChI=1S/C27H35NO3.C27H34O3/c1-17-14-21-22(26(4,5)13-12-25(21,2)3)15-19(17)20-8-7-11-27(20,31-6)23-10-9-18(16-28-23)24(29)30;1-25(2)15-16-26(3,4)23-17-19(10-13-22(23)25)21-7-6-14-27(21,30-5)20-11-8-18(9-12-20)24(28)29/h9-10,14-16,20H,7-8,11-13H2,1-6H3,(H,29,30);8-13,17,21H,6-7,14-16H2,1-5H3,(H,28,29). The van der Waals surface area contributed by atoms with Gasteiger partial charge in [-0.25, -0.2) is 9.59 Å². The minimum absolute atomic E-state index is 0.156. The van der Waals surface area contributed by atoms with Gasteiger partial charge in [0.15, 0.2) is 0 Å². The molecule has 7 heteroatoms. The first-order chi connectivity index (χ1) is 28.6. The lowest BCUT2D eigenvalue weighted by atomic mass is 9.62. The van der Waals surface area contributed by atoms with E-state index in [1.807, 2.05) is 18.2 Å². The third-order valence-electron chi connectivity index (χ3n) is 15.9. The Bertz CT molecular complexity index is 2290. The first-order valence-corrected chi connectivity index (χ1v) is 22.6. The Balaban J connectivity index is 0.000000184. The fourth-order valence-corrected chi connectivity index (χ4v) is 11.8. The lowest BCUT2D eigenvalue weighted by Crippen LogP contribution is -2.36. The average molecular weight is 828 g/mol. The Kier molecular flexibility index (Phi) is 11.8. The number of aromatic nitrogens is 1. The van der Waals surface area contributed by atoms with Crippen molar-refractivity contribution >= 4 is 11.9 Å².